The minimum atomic E-state index is -0.229. The predicted octanol–water partition coefficient (Wildman–Crippen LogP) is -0.311. The Balaban J connectivity index is 1.61. The number of piperidine rings is 1. The van der Waals surface area contributed by atoms with Crippen molar-refractivity contribution in [2.45, 2.75) is 25.9 Å². The Morgan fingerprint density at radius 1 is 0.900 bits per heavy atom. The monoisotopic (exact) mass is 285 g/mol. The minimum Gasteiger partial charge on any atom is -0.395 e. The van der Waals surface area contributed by atoms with Crippen LogP contribution in [0.15, 0.2) is 0 Å². The summed E-state index contributed by atoms with van der Waals surface area (Å²) in [5.74, 6) is 0.850. The molecule has 2 heterocycles. The van der Waals surface area contributed by atoms with Gasteiger partial charge in [-0.15, -0.1) is 0 Å². The molecular formula is C15H31N3O2. The van der Waals surface area contributed by atoms with Crippen LogP contribution in [0.3, 0.4) is 0 Å². The van der Waals surface area contributed by atoms with E-state index in [0.717, 1.165) is 64.8 Å². The third-order valence-electron chi connectivity index (χ3n) is 4.70. The molecule has 2 saturated heterocycles. The van der Waals surface area contributed by atoms with E-state index in [-0.39, 0.29) is 12.7 Å². The highest BCUT2D eigenvalue weighted by atomic mass is 16.3. The van der Waals surface area contributed by atoms with Crippen molar-refractivity contribution in [3.8, 4) is 0 Å². The Morgan fingerprint density at radius 3 is 1.95 bits per heavy atom. The second-order valence-corrected chi connectivity index (χ2v) is 6.50. The van der Waals surface area contributed by atoms with Crippen molar-refractivity contribution in [3.63, 3.8) is 0 Å². The van der Waals surface area contributed by atoms with E-state index in [1.807, 2.05) is 0 Å². The summed E-state index contributed by atoms with van der Waals surface area (Å²) in [4.78, 5) is 7.05. The molecule has 0 aromatic carbocycles. The first-order valence-electron chi connectivity index (χ1n) is 8.13. The van der Waals surface area contributed by atoms with Gasteiger partial charge in [0.05, 0.1) is 12.7 Å². The summed E-state index contributed by atoms with van der Waals surface area (Å²) < 4.78 is 0. The van der Waals surface area contributed by atoms with Crippen molar-refractivity contribution < 1.29 is 10.2 Å². The Morgan fingerprint density at radius 2 is 1.40 bits per heavy atom. The van der Waals surface area contributed by atoms with Crippen molar-refractivity contribution in [2.24, 2.45) is 5.92 Å². The number of aliphatic hydroxyl groups is 2. The van der Waals surface area contributed by atoms with Gasteiger partial charge in [0.15, 0.2) is 0 Å². The Bertz CT molecular complexity index is 262. The van der Waals surface area contributed by atoms with Crippen LogP contribution in [0.2, 0.25) is 0 Å². The van der Waals surface area contributed by atoms with Crippen LogP contribution >= 0.6 is 0 Å². The average molecular weight is 285 g/mol. The van der Waals surface area contributed by atoms with E-state index < -0.39 is 0 Å². The maximum atomic E-state index is 10.3. The minimum absolute atomic E-state index is 0.229. The van der Waals surface area contributed by atoms with Gasteiger partial charge in [-0.25, -0.2) is 0 Å². The lowest BCUT2D eigenvalue weighted by atomic mass is 9.99. The summed E-state index contributed by atoms with van der Waals surface area (Å²) in [5.41, 5.74) is 0. The van der Waals surface area contributed by atoms with Gasteiger partial charge in [0.2, 0.25) is 0 Å². The van der Waals surface area contributed by atoms with E-state index >= 15 is 0 Å². The molecule has 0 aromatic heterocycles. The van der Waals surface area contributed by atoms with Crippen LogP contribution in [0.1, 0.15) is 19.8 Å². The number of nitrogens with zero attached hydrogens (tertiary/aromatic N) is 3. The number of hydrogen-bond acceptors (Lipinski definition) is 5. The molecule has 0 amide bonds. The highest BCUT2D eigenvalue weighted by molar-refractivity contribution is 4.77. The zero-order valence-electron chi connectivity index (χ0n) is 12.9. The van der Waals surface area contributed by atoms with Crippen LogP contribution < -0.4 is 0 Å². The molecule has 0 saturated carbocycles. The topological polar surface area (TPSA) is 50.2 Å². The molecule has 118 valence electrons. The largest absolute Gasteiger partial charge is 0.395 e. The molecule has 0 spiro atoms. The molecule has 2 rings (SSSR count). The molecule has 0 radical (unpaired) electrons. The van der Waals surface area contributed by atoms with Crippen molar-refractivity contribution in [1.29, 1.82) is 0 Å². The van der Waals surface area contributed by atoms with Gasteiger partial charge >= 0.3 is 0 Å². The highest BCUT2D eigenvalue weighted by Crippen LogP contribution is 2.16. The van der Waals surface area contributed by atoms with Crippen molar-refractivity contribution >= 4 is 0 Å². The molecular weight excluding hydrogens is 254 g/mol. The molecule has 5 nitrogen and oxygen atoms in total. The van der Waals surface area contributed by atoms with Gasteiger partial charge in [0.25, 0.3) is 0 Å². The fourth-order valence-corrected chi connectivity index (χ4v) is 3.24. The first-order valence-corrected chi connectivity index (χ1v) is 8.13. The third-order valence-corrected chi connectivity index (χ3v) is 4.70. The van der Waals surface area contributed by atoms with Crippen LogP contribution in [-0.2, 0) is 0 Å². The fourth-order valence-electron chi connectivity index (χ4n) is 3.24. The van der Waals surface area contributed by atoms with Gasteiger partial charge in [-0.1, -0.05) is 6.92 Å². The van der Waals surface area contributed by atoms with Crippen LogP contribution in [0.5, 0.6) is 0 Å². The normalized spacial score (nSPS) is 25.9. The number of hydrogen-bond donors (Lipinski definition) is 2. The number of likely N-dealkylation sites (tertiary alicyclic amines) is 1. The van der Waals surface area contributed by atoms with E-state index in [1.54, 1.807) is 0 Å². The van der Waals surface area contributed by atoms with Crippen LogP contribution in [0.25, 0.3) is 0 Å². The van der Waals surface area contributed by atoms with Gasteiger partial charge < -0.3 is 15.1 Å². The lowest BCUT2D eigenvalue weighted by Gasteiger charge is -2.37. The van der Waals surface area contributed by atoms with Crippen LogP contribution in [0.4, 0.5) is 0 Å². The molecule has 5 heteroatoms. The number of piperazine rings is 1. The first-order chi connectivity index (χ1) is 9.67. The molecule has 2 aliphatic rings. The van der Waals surface area contributed by atoms with Gasteiger partial charge in [0.1, 0.15) is 0 Å². The van der Waals surface area contributed by atoms with Crippen molar-refractivity contribution in [3.05, 3.63) is 0 Å². The first kappa shape index (κ1) is 16.2. The van der Waals surface area contributed by atoms with Gasteiger partial charge in [0, 0.05) is 45.8 Å². The SMILES string of the molecule is CC1CCN(CC(O)CN2CCN(CCO)CC2)CC1. The number of aliphatic hydroxyl groups excluding tert-OH is 2. The lowest BCUT2D eigenvalue weighted by molar-refractivity contribution is 0.0400. The molecule has 2 fully saturated rings. The Kier molecular flexibility index (Phi) is 6.71. The van der Waals surface area contributed by atoms with Crippen LogP contribution in [0, 0.1) is 5.92 Å². The second kappa shape index (κ2) is 8.29. The third kappa shape index (κ3) is 5.30. The zero-order valence-corrected chi connectivity index (χ0v) is 12.9. The van der Waals surface area contributed by atoms with E-state index in [9.17, 15) is 5.11 Å². The van der Waals surface area contributed by atoms with Gasteiger partial charge in [-0.3, -0.25) is 9.80 Å². The smallest absolute Gasteiger partial charge is 0.0793 e. The summed E-state index contributed by atoms with van der Waals surface area (Å²) in [6, 6.07) is 0. The Hall–Kier alpha value is -0.200. The van der Waals surface area contributed by atoms with Crippen molar-refractivity contribution in [1.82, 2.24) is 14.7 Å². The van der Waals surface area contributed by atoms with Gasteiger partial charge in [-0.2, -0.15) is 0 Å². The molecule has 20 heavy (non-hydrogen) atoms. The predicted molar refractivity (Wildman–Crippen MR) is 80.8 cm³/mol. The quantitative estimate of drug-likeness (QED) is 0.701. The molecule has 0 aromatic rings. The molecule has 1 unspecified atom stereocenters. The second-order valence-electron chi connectivity index (χ2n) is 6.50. The van der Waals surface area contributed by atoms with E-state index in [2.05, 4.69) is 21.6 Å². The molecule has 0 aliphatic carbocycles. The van der Waals surface area contributed by atoms with E-state index in [4.69, 9.17) is 5.11 Å². The van der Waals surface area contributed by atoms with Crippen molar-refractivity contribution in [2.75, 3.05) is 65.5 Å². The summed E-state index contributed by atoms with van der Waals surface area (Å²) in [6.07, 6.45) is 2.31. The highest BCUT2D eigenvalue weighted by Gasteiger charge is 2.22. The molecule has 2 aliphatic heterocycles. The summed E-state index contributed by atoms with van der Waals surface area (Å²) in [6.45, 7) is 11.3. The molecule has 1 atom stereocenters. The Labute approximate surface area is 123 Å². The van der Waals surface area contributed by atoms with Gasteiger partial charge in [-0.05, 0) is 31.8 Å². The molecule has 0 bridgehead atoms. The standard InChI is InChI=1S/C15H31N3O2/c1-14-2-4-17(5-3-14)12-15(20)13-18-8-6-16(7-9-18)10-11-19/h14-15,19-20H,2-13H2,1H3. The number of rotatable bonds is 6. The zero-order chi connectivity index (χ0) is 14.4. The number of β-amino-alcohol motifs (C(OH)–C–C–N with tert-alkyl or cyclic N) is 2. The maximum Gasteiger partial charge on any atom is 0.0793 e. The van der Waals surface area contributed by atoms with E-state index in [0.29, 0.717) is 0 Å². The average Bonchev–Trinajstić information content (AvgIpc) is 2.44. The lowest BCUT2D eigenvalue weighted by Crippen LogP contribution is -2.50. The van der Waals surface area contributed by atoms with Crippen LogP contribution in [-0.4, -0.2) is 96.5 Å². The molecule has 2 N–H and O–H groups in total. The summed E-state index contributed by atoms with van der Waals surface area (Å²) in [5, 5.41) is 19.2. The maximum absolute atomic E-state index is 10.3. The summed E-state index contributed by atoms with van der Waals surface area (Å²) in [7, 11) is 0. The summed E-state index contributed by atoms with van der Waals surface area (Å²) >= 11 is 0. The van der Waals surface area contributed by atoms with E-state index in [1.165, 1.54) is 12.8 Å². The fraction of sp³-hybridized carbons (Fsp3) is 1.00.